The summed E-state index contributed by atoms with van der Waals surface area (Å²) in [5.74, 6) is 0.134. The van der Waals surface area contributed by atoms with E-state index in [1.807, 2.05) is 23.1 Å². The van der Waals surface area contributed by atoms with Crippen LogP contribution in [0, 0.1) is 0 Å². The van der Waals surface area contributed by atoms with E-state index < -0.39 is 0 Å². The number of likely N-dealkylation sites (tertiary alicyclic amines) is 1. The van der Waals surface area contributed by atoms with E-state index in [-0.39, 0.29) is 35.8 Å². The highest BCUT2D eigenvalue weighted by Crippen LogP contribution is 2.30. The lowest BCUT2D eigenvalue weighted by Crippen LogP contribution is -2.39. The maximum atomic E-state index is 12.7. The number of hydrogen-bond donors (Lipinski definition) is 2. The van der Waals surface area contributed by atoms with Gasteiger partial charge in [-0.15, -0.1) is 0 Å². The second kappa shape index (κ2) is 6.74. The van der Waals surface area contributed by atoms with Gasteiger partial charge in [-0.05, 0) is 24.5 Å². The molecule has 2 aromatic rings. The normalized spacial score (nSPS) is 19.9. The quantitative estimate of drug-likeness (QED) is 0.872. The van der Waals surface area contributed by atoms with E-state index in [0.29, 0.717) is 18.7 Å². The second-order valence-electron chi connectivity index (χ2n) is 6.81. The third-order valence-corrected chi connectivity index (χ3v) is 5.23. The molecule has 0 saturated carbocycles. The number of benzene rings is 1. The Labute approximate surface area is 150 Å². The van der Waals surface area contributed by atoms with Crippen molar-refractivity contribution < 1.29 is 9.59 Å². The van der Waals surface area contributed by atoms with Gasteiger partial charge in [0.15, 0.2) is 0 Å². The van der Waals surface area contributed by atoms with Crippen molar-refractivity contribution in [3.63, 3.8) is 0 Å². The number of piperidine rings is 1. The van der Waals surface area contributed by atoms with Gasteiger partial charge in [-0.2, -0.15) is 0 Å². The van der Waals surface area contributed by atoms with Gasteiger partial charge < -0.3 is 15.2 Å². The Morgan fingerprint density at radius 2 is 1.96 bits per heavy atom. The molecule has 1 unspecified atom stereocenters. The molecule has 2 N–H and O–H groups in total. The highest BCUT2D eigenvalue weighted by molar-refractivity contribution is 5.99. The average Bonchev–Trinajstić information content (AvgIpc) is 2.98. The Morgan fingerprint density at radius 3 is 2.73 bits per heavy atom. The lowest BCUT2D eigenvalue weighted by atomic mass is 9.93. The number of carbonyl (C=O) groups is 2. The van der Waals surface area contributed by atoms with Crippen molar-refractivity contribution in [2.75, 3.05) is 13.1 Å². The summed E-state index contributed by atoms with van der Waals surface area (Å²) < 4.78 is 0. The zero-order chi connectivity index (χ0) is 18.1. The van der Waals surface area contributed by atoms with Gasteiger partial charge in [0.2, 0.25) is 5.91 Å². The highest BCUT2D eigenvalue weighted by atomic mass is 16.2. The van der Waals surface area contributed by atoms with Crippen molar-refractivity contribution >= 4 is 11.8 Å². The van der Waals surface area contributed by atoms with Crippen LogP contribution in [0.15, 0.2) is 41.5 Å². The standard InChI is InChI=1S/C19H20N4O3/c24-17-9-15(20-11-21-17)12-5-7-23(8-6-12)18(25)10-16-13-3-1-2-4-14(13)19(26)22-16/h1-4,9,11-12,16H,5-8,10H2,(H,22,26)(H,20,21,24). The first-order valence-corrected chi connectivity index (χ1v) is 8.84. The Kier molecular flexibility index (Phi) is 4.28. The van der Waals surface area contributed by atoms with Gasteiger partial charge in [0.25, 0.3) is 11.5 Å². The molecule has 0 spiro atoms. The number of H-pyrrole nitrogens is 1. The molecular formula is C19H20N4O3. The summed E-state index contributed by atoms with van der Waals surface area (Å²) in [6, 6.07) is 8.68. The third-order valence-electron chi connectivity index (χ3n) is 5.23. The van der Waals surface area contributed by atoms with E-state index in [1.165, 1.54) is 12.4 Å². The average molecular weight is 352 g/mol. The van der Waals surface area contributed by atoms with Crippen molar-refractivity contribution in [1.29, 1.82) is 0 Å². The molecule has 2 amide bonds. The summed E-state index contributed by atoms with van der Waals surface area (Å²) in [5.41, 5.74) is 2.19. The van der Waals surface area contributed by atoms with Crippen LogP contribution in [-0.2, 0) is 4.79 Å². The molecule has 26 heavy (non-hydrogen) atoms. The van der Waals surface area contributed by atoms with E-state index in [1.54, 1.807) is 6.07 Å². The third kappa shape index (κ3) is 3.12. The van der Waals surface area contributed by atoms with Gasteiger partial charge in [0.1, 0.15) is 0 Å². The van der Waals surface area contributed by atoms with Gasteiger partial charge in [0, 0.05) is 30.6 Å². The second-order valence-corrected chi connectivity index (χ2v) is 6.81. The summed E-state index contributed by atoms with van der Waals surface area (Å²) in [6.07, 6.45) is 3.28. The largest absolute Gasteiger partial charge is 0.345 e. The van der Waals surface area contributed by atoms with Gasteiger partial charge in [0.05, 0.1) is 24.5 Å². The number of aromatic nitrogens is 2. The van der Waals surface area contributed by atoms with Crippen LogP contribution in [0.5, 0.6) is 0 Å². The highest BCUT2D eigenvalue weighted by Gasteiger charge is 2.32. The molecule has 3 heterocycles. The fourth-order valence-corrected chi connectivity index (χ4v) is 3.82. The Morgan fingerprint density at radius 1 is 1.19 bits per heavy atom. The van der Waals surface area contributed by atoms with E-state index in [9.17, 15) is 14.4 Å². The predicted molar refractivity (Wildman–Crippen MR) is 94.7 cm³/mol. The zero-order valence-electron chi connectivity index (χ0n) is 14.3. The van der Waals surface area contributed by atoms with Gasteiger partial charge in [-0.3, -0.25) is 14.4 Å². The van der Waals surface area contributed by atoms with Crippen LogP contribution in [0.25, 0.3) is 0 Å². The first kappa shape index (κ1) is 16.5. The molecule has 134 valence electrons. The number of aromatic amines is 1. The van der Waals surface area contributed by atoms with Crippen molar-refractivity contribution in [2.45, 2.75) is 31.2 Å². The molecule has 1 atom stereocenters. The lowest BCUT2D eigenvalue weighted by Gasteiger charge is -2.32. The van der Waals surface area contributed by atoms with Crippen LogP contribution in [0.3, 0.4) is 0 Å². The first-order chi connectivity index (χ1) is 12.6. The van der Waals surface area contributed by atoms with Crippen LogP contribution >= 0.6 is 0 Å². The number of hydrogen-bond acceptors (Lipinski definition) is 4. The van der Waals surface area contributed by atoms with Crippen LogP contribution in [-0.4, -0.2) is 39.8 Å². The van der Waals surface area contributed by atoms with Gasteiger partial charge in [-0.1, -0.05) is 18.2 Å². The summed E-state index contributed by atoms with van der Waals surface area (Å²) in [6.45, 7) is 1.28. The molecule has 0 radical (unpaired) electrons. The summed E-state index contributed by atoms with van der Waals surface area (Å²) in [7, 11) is 0. The van der Waals surface area contributed by atoms with Crippen molar-refractivity contribution in [3.8, 4) is 0 Å². The van der Waals surface area contributed by atoms with Gasteiger partial charge in [-0.25, -0.2) is 4.98 Å². The van der Waals surface area contributed by atoms with E-state index in [2.05, 4.69) is 15.3 Å². The van der Waals surface area contributed by atoms with Crippen LogP contribution in [0.2, 0.25) is 0 Å². The van der Waals surface area contributed by atoms with Crippen LogP contribution in [0.1, 0.15) is 52.8 Å². The predicted octanol–water partition coefficient (Wildman–Crippen LogP) is 1.35. The summed E-state index contributed by atoms with van der Waals surface area (Å²) in [4.78, 5) is 44.7. The number of fused-ring (bicyclic) bond motifs is 1. The minimum Gasteiger partial charge on any atom is -0.345 e. The summed E-state index contributed by atoms with van der Waals surface area (Å²) in [5, 5.41) is 2.90. The van der Waals surface area contributed by atoms with Crippen molar-refractivity contribution in [1.82, 2.24) is 20.2 Å². The molecule has 0 bridgehead atoms. The van der Waals surface area contributed by atoms with Gasteiger partial charge >= 0.3 is 0 Å². The Hall–Kier alpha value is -2.96. The maximum Gasteiger partial charge on any atom is 0.252 e. The number of rotatable bonds is 3. The SMILES string of the molecule is O=C1NC(CC(=O)N2CCC(c3cc(=O)[nH]cn3)CC2)c2ccccc21. The zero-order valence-corrected chi connectivity index (χ0v) is 14.3. The molecule has 2 aliphatic heterocycles. The number of nitrogens with one attached hydrogen (secondary N) is 2. The Balaban J connectivity index is 1.37. The maximum absolute atomic E-state index is 12.7. The monoisotopic (exact) mass is 352 g/mol. The molecule has 1 fully saturated rings. The molecule has 0 aliphatic carbocycles. The van der Waals surface area contributed by atoms with E-state index >= 15 is 0 Å². The molecule has 7 nitrogen and oxygen atoms in total. The number of carbonyl (C=O) groups excluding carboxylic acids is 2. The van der Waals surface area contributed by atoms with Crippen LogP contribution in [0.4, 0.5) is 0 Å². The van der Waals surface area contributed by atoms with E-state index in [4.69, 9.17) is 0 Å². The molecular weight excluding hydrogens is 332 g/mol. The molecule has 1 aromatic heterocycles. The molecule has 7 heteroatoms. The molecule has 4 rings (SSSR count). The molecule has 2 aliphatic rings. The lowest BCUT2D eigenvalue weighted by molar-refractivity contribution is -0.132. The van der Waals surface area contributed by atoms with Crippen molar-refractivity contribution in [3.05, 3.63) is 63.8 Å². The van der Waals surface area contributed by atoms with Crippen LogP contribution < -0.4 is 10.9 Å². The fraction of sp³-hybridized carbons (Fsp3) is 0.368. The Bertz CT molecular complexity index is 899. The number of nitrogens with zero attached hydrogens (tertiary/aromatic N) is 2. The van der Waals surface area contributed by atoms with E-state index in [0.717, 1.165) is 24.1 Å². The molecule has 1 saturated heterocycles. The molecule has 1 aromatic carbocycles. The minimum atomic E-state index is -0.252. The first-order valence-electron chi connectivity index (χ1n) is 8.84. The minimum absolute atomic E-state index is 0.0457. The fourth-order valence-electron chi connectivity index (χ4n) is 3.82. The van der Waals surface area contributed by atoms with Crippen molar-refractivity contribution in [2.24, 2.45) is 0 Å². The smallest absolute Gasteiger partial charge is 0.252 e. The topological polar surface area (TPSA) is 95.2 Å². The summed E-state index contributed by atoms with van der Waals surface area (Å²) >= 11 is 0. The number of amides is 2.